The molecule has 0 saturated heterocycles. The van der Waals surface area contributed by atoms with Gasteiger partial charge in [-0.15, -0.1) is 0 Å². The van der Waals surface area contributed by atoms with Gasteiger partial charge in [-0.1, -0.05) is 12.8 Å². The van der Waals surface area contributed by atoms with Gasteiger partial charge in [-0.3, -0.25) is 4.79 Å². The maximum Gasteiger partial charge on any atom is 0.254 e. The van der Waals surface area contributed by atoms with E-state index in [1.165, 1.54) is 0 Å². The highest BCUT2D eigenvalue weighted by molar-refractivity contribution is 5.96. The van der Waals surface area contributed by atoms with Gasteiger partial charge in [-0.2, -0.15) is 0 Å². The van der Waals surface area contributed by atoms with Crippen LogP contribution in [-0.4, -0.2) is 42.2 Å². The number of carbonyl (C=O) groups excluding carboxylic acids is 1. The summed E-state index contributed by atoms with van der Waals surface area (Å²) in [6, 6.07) is 5.68. The molecule has 0 spiro atoms. The molecule has 0 bridgehead atoms. The Morgan fingerprint density at radius 2 is 2.05 bits per heavy atom. The quantitative estimate of drug-likeness (QED) is 0.891. The Balaban J connectivity index is 2.17. The van der Waals surface area contributed by atoms with Crippen LogP contribution in [0.3, 0.4) is 0 Å². The third kappa shape index (κ3) is 2.96. The third-order valence-corrected chi connectivity index (χ3v) is 4.26. The largest absolute Gasteiger partial charge is 0.391 e. The predicted molar refractivity (Wildman–Crippen MR) is 81.1 cm³/mol. The molecular formula is C16H24N2O2. The molecular weight excluding hydrogens is 252 g/mol. The molecule has 20 heavy (non-hydrogen) atoms. The van der Waals surface area contributed by atoms with Crippen LogP contribution in [0.5, 0.6) is 0 Å². The molecule has 2 N–H and O–H groups in total. The van der Waals surface area contributed by atoms with Gasteiger partial charge in [0.2, 0.25) is 0 Å². The molecule has 1 fully saturated rings. The first kappa shape index (κ1) is 14.9. The van der Waals surface area contributed by atoms with Crippen LogP contribution in [-0.2, 0) is 0 Å². The highest BCUT2D eigenvalue weighted by atomic mass is 16.3. The summed E-state index contributed by atoms with van der Waals surface area (Å²) in [6.07, 6.45) is 3.42. The molecule has 4 heteroatoms. The summed E-state index contributed by atoms with van der Waals surface area (Å²) in [6.45, 7) is 1.94. The molecule has 110 valence electrons. The van der Waals surface area contributed by atoms with Crippen LogP contribution < -0.4 is 5.32 Å². The minimum Gasteiger partial charge on any atom is -0.391 e. The van der Waals surface area contributed by atoms with Gasteiger partial charge in [-0.25, -0.2) is 0 Å². The van der Waals surface area contributed by atoms with Crippen LogP contribution in [0.4, 0.5) is 5.69 Å². The van der Waals surface area contributed by atoms with Gasteiger partial charge in [0.05, 0.1) is 12.1 Å². The van der Waals surface area contributed by atoms with E-state index in [2.05, 4.69) is 5.32 Å². The van der Waals surface area contributed by atoms with Gasteiger partial charge in [0.1, 0.15) is 0 Å². The molecule has 0 aliphatic heterocycles. The first-order valence-electron chi connectivity index (χ1n) is 7.28. The Labute approximate surface area is 120 Å². The summed E-state index contributed by atoms with van der Waals surface area (Å²) in [5.41, 5.74) is 2.67. The zero-order chi connectivity index (χ0) is 14.7. The molecule has 2 rings (SSSR count). The molecule has 0 aromatic heterocycles. The topological polar surface area (TPSA) is 52.6 Å². The van der Waals surface area contributed by atoms with Crippen molar-refractivity contribution in [2.75, 3.05) is 19.4 Å². The van der Waals surface area contributed by atoms with Gasteiger partial charge in [-0.05, 0) is 43.5 Å². The first-order chi connectivity index (χ1) is 9.54. The smallest absolute Gasteiger partial charge is 0.254 e. The number of aliphatic hydroxyl groups is 1. The standard InChI is InChI=1S/C16H24N2O2/c1-11-10-12(17-2)8-9-13(11)16(20)18(3)14-6-4-5-7-15(14)19/h8-10,14-15,17,19H,4-7H2,1-3H3. The number of hydrogen-bond donors (Lipinski definition) is 2. The Hall–Kier alpha value is -1.55. The summed E-state index contributed by atoms with van der Waals surface area (Å²) in [4.78, 5) is 14.3. The van der Waals surface area contributed by atoms with Crippen molar-refractivity contribution in [1.82, 2.24) is 4.90 Å². The van der Waals surface area contributed by atoms with Gasteiger partial charge in [0, 0.05) is 25.3 Å². The Kier molecular flexibility index (Phi) is 4.65. The maximum absolute atomic E-state index is 12.6. The summed E-state index contributed by atoms with van der Waals surface area (Å²) < 4.78 is 0. The van der Waals surface area contributed by atoms with Crippen molar-refractivity contribution < 1.29 is 9.90 Å². The number of likely N-dealkylation sites (N-methyl/N-ethyl adjacent to an activating group) is 1. The van der Waals surface area contributed by atoms with E-state index in [-0.39, 0.29) is 11.9 Å². The molecule has 1 aliphatic rings. The molecule has 1 amide bonds. The summed E-state index contributed by atoms with van der Waals surface area (Å²) in [5.74, 6) is -0.00361. The fraction of sp³-hybridized carbons (Fsp3) is 0.562. The van der Waals surface area contributed by atoms with Crippen LogP contribution in [0.2, 0.25) is 0 Å². The number of carbonyl (C=O) groups is 1. The number of hydrogen-bond acceptors (Lipinski definition) is 3. The van der Waals surface area contributed by atoms with Crippen molar-refractivity contribution >= 4 is 11.6 Å². The molecule has 0 heterocycles. The lowest BCUT2D eigenvalue weighted by Crippen LogP contribution is -2.46. The lowest BCUT2D eigenvalue weighted by Gasteiger charge is -2.35. The highest BCUT2D eigenvalue weighted by Crippen LogP contribution is 2.24. The Morgan fingerprint density at radius 3 is 2.65 bits per heavy atom. The summed E-state index contributed by atoms with van der Waals surface area (Å²) in [5, 5.41) is 13.2. The van der Waals surface area contributed by atoms with E-state index in [4.69, 9.17) is 0 Å². The third-order valence-electron chi connectivity index (χ3n) is 4.26. The minimum absolute atomic E-state index is 0.00361. The van der Waals surface area contributed by atoms with E-state index in [1.807, 2.05) is 32.2 Å². The van der Waals surface area contributed by atoms with E-state index in [0.29, 0.717) is 5.56 Å². The van der Waals surface area contributed by atoms with E-state index < -0.39 is 6.10 Å². The SMILES string of the molecule is CNc1ccc(C(=O)N(C)C2CCCCC2O)c(C)c1. The van der Waals surface area contributed by atoms with Crippen molar-refractivity contribution in [2.45, 2.75) is 44.8 Å². The maximum atomic E-state index is 12.6. The van der Waals surface area contributed by atoms with Gasteiger partial charge in [0.25, 0.3) is 5.91 Å². The van der Waals surface area contributed by atoms with Gasteiger partial charge >= 0.3 is 0 Å². The lowest BCUT2D eigenvalue weighted by molar-refractivity contribution is 0.0267. The number of amides is 1. The molecule has 2 atom stereocenters. The lowest BCUT2D eigenvalue weighted by atomic mass is 9.91. The second kappa shape index (κ2) is 6.27. The number of aliphatic hydroxyl groups excluding tert-OH is 1. The number of nitrogens with zero attached hydrogens (tertiary/aromatic N) is 1. The number of nitrogens with one attached hydrogen (secondary N) is 1. The Morgan fingerprint density at radius 1 is 1.35 bits per heavy atom. The molecule has 1 aromatic carbocycles. The molecule has 1 saturated carbocycles. The monoisotopic (exact) mass is 276 g/mol. The molecule has 4 nitrogen and oxygen atoms in total. The van der Waals surface area contributed by atoms with Crippen LogP contribution in [0.15, 0.2) is 18.2 Å². The van der Waals surface area contributed by atoms with E-state index >= 15 is 0 Å². The van der Waals surface area contributed by atoms with Crippen molar-refractivity contribution in [2.24, 2.45) is 0 Å². The van der Waals surface area contributed by atoms with Crippen molar-refractivity contribution in [3.05, 3.63) is 29.3 Å². The summed E-state index contributed by atoms with van der Waals surface area (Å²) in [7, 11) is 3.66. The molecule has 1 aliphatic carbocycles. The van der Waals surface area contributed by atoms with Crippen LogP contribution in [0.25, 0.3) is 0 Å². The van der Waals surface area contributed by atoms with Crippen LogP contribution in [0, 0.1) is 6.92 Å². The number of anilines is 1. The average Bonchev–Trinajstić information content (AvgIpc) is 2.46. The molecule has 0 radical (unpaired) electrons. The van der Waals surface area contributed by atoms with Gasteiger partial charge < -0.3 is 15.3 Å². The van der Waals surface area contributed by atoms with E-state index in [1.54, 1.807) is 11.9 Å². The van der Waals surface area contributed by atoms with Gasteiger partial charge in [0.15, 0.2) is 0 Å². The average molecular weight is 276 g/mol. The molecule has 1 aromatic rings. The number of benzene rings is 1. The number of rotatable bonds is 3. The number of aryl methyl sites for hydroxylation is 1. The second-order valence-corrected chi connectivity index (χ2v) is 5.61. The van der Waals surface area contributed by atoms with E-state index in [9.17, 15) is 9.90 Å². The summed E-state index contributed by atoms with van der Waals surface area (Å²) >= 11 is 0. The van der Waals surface area contributed by atoms with Crippen molar-refractivity contribution in [1.29, 1.82) is 0 Å². The van der Waals surface area contributed by atoms with Crippen molar-refractivity contribution in [3.8, 4) is 0 Å². The second-order valence-electron chi connectivity index (χ2n) is 5.61. The van der Waals surface area contributed by atoms with Crippen LogP contribution >= 0.6 is 0 Å². The Bertz CT molecular complexity index is 487. The predicted octanol–water partition coefficient (Wildman–Crippen LogP) is 2.41. The fourth-order valence-corrected chi connectivity index (χ4v) is 2.94. The van der Waals surface area contributed by atoms with Crippen molar-refractivity contribution in [3.63, 3.8) is 0 Å². The first-order valence-corrected chi connectivity index (χ1v) is 7.28. The normalized spacial score (nSPS) is 22.4. The molecule has 2 unspecified atom stereocenters. The highest BCUT2D eigenvalue weighted by Gasteiger charge is 2.30. The van der Waals surface area contributed by atoms with E-state index in [0.717, 1.165) is 36.9 Å². The zero-order valence-corrected chi connectivity index (χ0v) is 12.5. The van der Waals surface area contributed by atoms with Crippen LogP contribution in [0.1, 0.15) is 41.6 Å². The zero-order valence-electron chi connectivity index (χ0n) is 12.5. The minimum atomic E-state index is -0.394. The fourth-order valence-electron chi connectivity index (χ4n) is 2.94.